The fraction of sp³-hybridized carbons (Fsp3) is 0.222. The molecule has 0 unspecified atom stereocenters. The molecule has 0 saturated carbocycles. The molecule has 12 heteroatoms. The van der Waals surface area contributed by atoms with Crippen LogP contribution in [0.5, 0.6) is 17.2 Å². The molecule has 1 saturated heterocycles. The number of carbonyl (C=O) groups is 3. The van der Waals surface area contributed by atoms with E-state index < -0.39 is 34.7 Å². The van der Waals surface area contributed by atoms with Crippen LogP contribution in [0.3, 0.4) is 0 Å². The lowest BCUT2D eigenvalue weighted by Crippen LogP contribution is -2.67. The SMILES string of the molecule is COc1cc([C@@H]2[C@H](N3C(=O)c4ccc([N+](=O)[O-])cc4C3=O)C(=O)N2c2ccc(Cl)cc2C)cc(OC)c1OC. The Hall–Kier alpha value is -4.64. The Labute approximate surface area is 227 Å². The number of nitro benzene ring substituents is 1. The Morgan fingerprint density at radius 3 is 2.03 bits per heavy atom. The number of anilines is 1. The zero-order chi connectivity index (χ0) is 28.2. The van der Waals surface area contributed by atoms with Crippen molar-refractivity contribution in [2.45, 2.75) is 19.0 Å². The zero-order valence-corrected chi connectivity index (χ0v) is 22.0. The van der Waals surface area contributed by atoms with Gasteiger partial charge in [0, 0.05) is 22.8 Å². The number of nitro groups is 1. The molecule has 5 rings (SSSR count). The number of hydrogen-bond acceptors (Lipinski definition) is 8. The maximum Gasteiger partial charge on any atom is 0.270 e. The van der Waals surface area contributed by atoms with Crippen LogP contribution in [-0.2, 0) is 4.79 Å². The predicted molar refractivity (Wildman–Crippen MR) is 140 cm³/mol. The number of aryl methyl sites for hydroxylation is 1. The van der Waals surface area contributed by atoms with Crippen LogP contribution in [0.25, 0.3) is 0 Å². The zero-order valence-electron chi connectivity index (χ0n) is 21.3. The van der Waals surface area contributed by atoms with Gasteiger partial charge in [0.1, 0.15) is 6.04 Å². The van der Waals surface area contributed by atoms with E-state index in [1.54, 1.807) is 37.3 Å². The second-order valence-electron chi connectivity index (χ2n) is 8.95. The number of amides is 3. The molecule has 3 amide bonds. The molecule has 0 radical (unpaired) electrons. The van der Waals surface area contributed by atoms with Crippen molar-refractivity contribution in [1.29, 1.82) is 0 Å². The number of carbonyl (C=O) groups excluding carboxylic acids is 3. The van der Waals surface area contributed by atoms with Gasteiger partial charge in [-0.05, 0) is 54.4 Å². The Kier molecular flexibility index (Phi) is 6.39. The normalized spacial score (nSPS) is 18.1. The molecule has 0 aliphatic carbocycles. The molecule has 0 bridgehead atoms. The van der Waals surface area contributed by atoms with Gasteiger partial charge in [-0.2, -0.15) is 0 Å². The summed E-state index contributed by atoms with van der Waals surface area (Å²) < 4.78 is 16.4. The third kappa shape index (κ3) is 3.93. The quantitative estimate of drug-likeness (QED) is 0.184. The molecule has 2 atom stereocenters. The van der Waals surface area contributed by atoms with Crippen LogP contribution in [0.2, 0.25) is 5.02 Å². The Morgan fingerprint density at radius 2 is 1.46 bits per heavy atom. The number of rotatable bonds is 7. The van der Waals surface area contributed by atoms with Crippen LogP contribution in [0, 0.1) is 17.0 Å². The van der Waals surface area contributed by atoms with Gasteiger partial charge in [0.25, 0.3) is 23.4 Å². The van der Waals surface area contributed by atoms with E-state index in [9.17, 15) is 24.5 Å². The fourth-order valence-corrected chi connectivity index (χ4v) is 5.33. The predicted octanol–water partition coefficient (Wildman–Crippen LogP) is 4.34. The van der Waals surface area contributed by atoms with Crippen molar-refractivity contribution < 1.29 is 33.5 Å². The number of β-lactam (4-membered cyclic amide) rings is 1. The summed E-state index contributed by atoms with van der Waals surface area (Å²) in [4.78, 5) is 53.6. The van der Waals surface area contributed by atoms with Crippen LogP contribution >= 0.6 is 11.6 Å². The average Bonchev–Trinajstić information content (AvgIpc) is 3.16. The van der Waals surface area contributed by atoms with Crippen LogP contribution in [0.1, 0.15) is 37.9 Å². The van der Waals surface area contributed by atoms with Crippen molar-refractivity contribution in [1.82, 2.24) is 4.90 Å². The number of ether oxygens (including phenoxy) is 3. The molecule has 39 heavy (non-hydrogen) atoms. The monoisotopic (exact) mass is 551 g/mol. The molecule has 2 aliphatic heterocycles. The molecule has 2 heterocycles. The van der Waals surface area contributed by atoms with E-state index in [4.69, 9.17) is 25.8 Å². The van der Waals surface area contributed by atoms with Gasteiger partial charge in [-0.25, -0.2) is 0 Å². The highest BCUT2D eigenvalue weighted by Crippen LogP contribution is 2.49. The number of non-ortho nitro benzene ring substituents is 1. The number of fused-ring (bicyclic) bond motifs is 1. The van der Waals surface area contributed by atoms with Gasteiger partial charge >= 0.3 is 0 Å². The highest BCUT2D eigenvalue weighted by molar-refractivity contribution is 6.31. The molecular formula is C27H22ClN3O8. The highest BCUT2D eigenvalue weighted by Gasteiger charge is 2.58. The van der Waals surface area contributed by atoms with Crippen molar-refractivity contribution in [3.8, 4) is 17.2 Å². The molecule has 2 aliphatic rings. The summed E-state index contributed by atoms with van der Waals surface area (Å²) in [5.41, 5.74) is 1.26. The molecule has 0 spiro atoms. The molecule has 11 nitrogen and oxygen atoms in total. The smallest absolute Gasteiger partial charge is 0.270 e. The summed E-state index contributed by atoms with van der Waals surface area (Å²) in [6.07, 6.45) is 0. The Balaban J connectivity index is 1.66. The van der Waals surface area contributed by atoms with E-state index in [1.165, 1.54) is 32.3 Å². The van der Waals surface area contributed by atoms with Gasteiger partial charge in [0.2, 0.25) is 5.75 Å². The summed E-state index contributed by atoms with van der Waals surface area (Å²) in [6, 6.07) is 9.65. The molecule has 1 fully saturated rings. The molecule has 0 N–H and O–H groups in total. The summed E-state index contributed by atoms with van der Waals surface area (Å²) in [7, 11) is 4.35. The average molecular weight is 552 g/mol. The number of imide groups is 1. The lowest BCUT2D eigenvalue weighted by molar-refractivity contribution is -0.384. The van der Waals surface area contributed by atoms with Crippen LogP contribution in [0.4, 0.5) is 11.4 Å². The maximum atomic E-state index is 13.8. The van der Waals surface area contributed by atoms with Crippen molar-refractivity contribution in [3.05, 3.63) is 85.9 Å². The van der Waals surface area contributed by atoms with Crippen molar-refractivity contribution in [3.63, 3.8) is 0 Å². The second-order valence-corrected chi connectivity index (χ2v) is 9.39. The summed E-state index contributed by atoms with van der Waals surface area (Å²) in [6.45, 7) is 1.79. The molecule has 200 valence electrons. The lowest BCUT2D eigenvalue weighted by Gasteiger charge is -2.50. The van der Waals surface area contributed by atoms with Crippen LogP contribution in [0.15, 0.2) is 48.5 Å². The van der Waals surface area contributed by atoms with Crippen molar-refractivity contribution >= 4 is 40.7 Å². The maximum absolute atomic E-state index is 13.8. The van der Waals surface area contributed by atoms with Crippen molar-refractivity contribution in [2.75, 3.05) is 26.2 Å². The fourth-order valence-electron chi connectivity index (χ4n) is 5.10. The van der Waals surface area contributed by atoms with E-state index in [1.807, 2.05) is 0 Å². The summed E-state index contributed by atoms with van der Waals surface area (Å²) >= 11 is 6.15. The molecule has 3 aromatic rings. The van der Waals surface area contributed by atoms with Crippen LogP contribution in [-0.4, -0.2) is 54.9 Å². The van der Waals surface area contributed by atoms with E-state index in [-0.39, 0.29) is 16.8 Å². The minimum atomic E-state index is -1.24. The Bertz CT molecular complexity index is 1550. The number of methoxy groups -OCH3 is 3. The van der Waals surface area contributed by atoms with Gasteiger partial charge in [-0.1, -0.05) is 11.6 Å². The highest BCUT2D eigenvalue weighted by atomic mass is 35.5. The molecule has 3 aromatic carbocycles. The van der Waals surface area contributed by atoms with E-state index in [0.717, 1.165) is 17.0 Å². The van der Waals surface area contributed by atoms with Crippen molar-refractivity contribution in [2.24, 2.45) is 0 Å². The summed E-state index contributed by atoms with van der Waals surface area (Å²) in [5, 5.41) is 11.8. The number of halogens is 1. The number of benzene rings is 3. The number of hydrogen-bond donors (Lipinski definition) is 0. The summed E-state index contributed by atoms with van der Waals surface area (Å²) in [5.74, 6) is -1.06. The lowest BCUT2D eigenvalue weighted by atomic mass is 9.85. The van der Waals surface area contributed by atoms with Gasteiger partial charge in [-0.15, -0.1) is 0 Å². The van der Waals surface area contributed by atoms with E-state index in [0.29, 0.717) is 39.1 Å². The largest absolute Gasteiger partial charge is 0.493 e. The third-order valence-corrected chi connectivity index (χ3v) is 7.14. The minimum Gasteiger partial charge on any atom is -0.493 e. The minimum absolute atomic E-state index is 0.0110. The first-order chi connectivity index (χ1) is 18.6. The first-order valence-electron chi connectivity index (χ1n) is 11.7. The first kappa shape index (κ1) is 26.0. The van der Waals surface area contributed by atoms with Gasteiger partial charge in [0.15, 0.2) is 11.5 Å². The second kappa shape index (κ2) is 9.59. The number of nitrogens with zero attached hydrogens (tertiary/aromatic N) is 3. The van der Waals surface area contributed by atoms with E-state index >= 15 is 0 Å². The van der Waals surface area contributed by atoms with Gasteiger partial charge < -0.3 is 19.1 Å². The Morgan fingerprint density at radius 1 is 0.821 bits per heavy atom. The van der Waals surface area contributed by atoms with Crippen LogP contribution < -0.4 is 19.1 Å². The molecule has 0 aromatic heterocycles. The van der Waals surface area contributed by atoms with Gasteiger partial charge in [0.05, 0.1) is 43.4 Å². The standard InChI is InChI=1S/C27H22ClN3O8/c1-13-9-15(28)5-8-19(13)29-22(14-10-20(37-2)24(39-4)21(11-14)38-3)23(27(29)34)30-25(32)17-7-6-16(31(35)36)12-18(17)26(30)33/h5-12,22-23H,1-4H3/t22-,23+/m1/s1. The van der Waals surface area contributed by atoms with Gasteiger partial charge in [-0.3, -0.25) is 29.4 Å². The third-order valence-electron chi connectivity index (χ3n) is 6.91. The first-order valence-corrected chi connectivity index (χ1v) is 12.1. The molecular weight excluding hydrogens is 530 g/mol. The topological polar surface area (TPSA) is 129 Å². The van der Waals surface area contributed by atoms with E-state index in [2.05, 4.69) is 0 Å².